The van der Waals surface area contributed by atoms with Crippen LogP contribution in [-0.2, 0) is 6.42 Å². The Bertz CT molecular complexity index is 609. The molecule has 0 aliphatic carbocycles. The molecule has 20 heavy (non-hydrogen) atoms. The monoisotopic (exact) mass is 271 g/mol. The standard InChI is InChI=1S/C17H18FNO/c1-19-10-9-12-3-6-14(18)11-16(12)17(19)13-4-7-15(20-2)8-5-13/h3-8,11,17H,9-10H2,1-2H3. The number of nitrogens with zero attached hydrogens (tertiary/aromatic N) is 1. The van der Waals surface area contributed by atoms with Gasteiger partial charge in [-0.25, -0.2) is 4.39 Å². The molecule has 0 fully saturated rings. The zero-order valence-electron chi connectivity index (χ0n) is 11.8. The zero-order chi connectivity index (χ0) is 14.1. The van der Waals surface area contributed by atoms with Crippen LogP contribution < -0.4 is 4.74 Å². The van der Waals surface area contributed by atoms with Gasteiger partial charge in [0.2, 0.25) is 0 Å². The molecule has 1 aliphatic rings. The van der Waals surface area contributed by atoms with Gasteiger partial charge in [0.15, 0.2) is 0 Å². The summed E-state index contributed by atoms with van der Waals surface area (Å²) in [6, 6.07) is 13.3. The number of benzene rings is 2. The van der Waals surface area contributed by atoms with E-state index in [1.165, 1.54) is 11.1 Å². The lowest BCUT2D eigenvalue weighted by molar-refractivity contribution is 0.264. The number of likely N-dealkylation sites (N-methyl/N-ethyl adjacent to an activating group) is 1. The first kappa shape index (κ1) is 13.1. The quantitative estimate of drug-likeness (QED) is 0.830. The fraction of sp³-hybridized carbons (Fsp3) is 0.294. The first-order valence-corrected chi connectivity index (χ1v) is 6.81. The Hall–Kier alpha value is -1.87. The van der Waals surface area contributed by atoms with Crippen LogP contribution in [0.25, 0.3) is 0 Å². The molecule has 3 heteroatoms. The molecule has 0 saturated carbocycles. The van der Waals surface area contributed by atoms with Gasteiger partial charge in [0, 0.05) is 6.54 Å². The Morgan fingerprint density at radius 3 is 2.60 bits per heavy atom. The average molecular weight is 271 g/mol. The molecule has 0 aromatic heterocycles. The van der Waals surface area contributed by atoms with Gasteiger partial charge >= 0.3 is 0 Å². The van der Waals surface area contributed by atoms with Gasteiger partial charge in [0.05, 0.1) is 13.2 Å². The highest BCUT2D eigenvalue weighted by Crippen LogP contribution is 2.35. The summed E-state index contributed by atoms with van der Waals surface area (Å²) in [6.45, 7) is 0.981. The Kier molecular flexibility index (Phi) is 3.45. The first-order chi connectivity index (χ1) is 9.69. The van der Waals surface area contributed by atoms with E-state index in [0.29, 0.717) is 0 Å². The van der Waals surface area contributed by atoms with Crippen molar-refractivity contribution in [2.45, 2.75) is 12.5 Å². The molecule has 2 nitrogen and oxygen atoms in total. The molecular weight excluding hydrogens is 253 g/mol. The van der Waals surface area contributed by atoms with E-state index in [1.807, 2.05) is 18.2 Å². The lowest BCUT2D eigenvalue weighted by atomic mass is 9.88. The number of ether oxygens (including phenoxy) is 1. The van der Waals surface area contributed by atoms with Crippen LogP contribution in [0.1, 0.15) is 22.7 Å². The molecule has 1 aliphatic heterocycles. The van der Waals surface area contributed by atoms with Crippen molar-refractivity contribution >= 4 is 0 Å². The van der Waals surface area contributed by atoms with Crippen LogP contribution in [0.5, 0.6) is 5.75 Å². The predicted molar refractivity (Wildman–Crippen MR) is 77.6 cm³/mol. The highest BCUT2D eigenvalue weighted by Gasteiger charge is 2.26. The van der Waals surface area contributed by atoms with Gasteiger partial charge < -0.3 is 4.74 Å². The van der Waals surface area contributed by atoms with Gasteiger partial charge in [-0.05, 0) is 54.4 Å². The normalized spacial score (nSPS) is 18.6. The Morgan fingerprint density at radius 1 is 1.15 bits per heavy atom. The number of methoxy groups -OCH3 is 1. The van der Waals surface area contributed by atoms with Crippen molar-refractivity contribution < 1.29 is 9.13 Å². The minimum Gasteiger partial charge on any atom is -0.497 e. The highest BCUT2D eigenvalue weighted by molar-refractivity contribution is 5.41. The zero-order valence-corrected chi connectivity index (χ0v) is 11.8. The smallest absolute Gasteiger partial charge is 0.123 e. The highest BCUT2D eigenvalue weighted by atomic mass is 19.1. The number of rotatable bonds is 2. The Labute approximate surface area is 118 Å². The molecule has 1 atom stereocenters. The number of fused-ring (bicyclic) bond motifs is 1. The molecule has 0 radical (unpaired) electrons. The molecule has 0 spiro atoms. The van der Waals surface area contributed by atoms with Crippen molar-refractivity contribution in [3.05, 3.63) is 65.0 Å². The van der Waals surface area contributed by atoms with Crippen molar-refractivity contribution in [1.29, 1.82) is 0 Å². The summed E-state index contributed by atoms with van der Waals surface area (Å²) in [6.07, 6.45) is 0.971. The number of hydrogen-bond acceptors (Lipinski definition) is 2. The van der Waals surface area contributed by atoms with Crippen LogP contribution in [0.3, 0.4) is 0 Å². The second-order valence-electron chi connectivity index (χ2n) is 5.25. The van der Waals surface area contributed by atoms with E-state index in [9.17, 15) is 4.39 Å². The molecule has 1 heterocycles. The van der Waals surface area contributed by atoms with E-state index in [1.54, 1.807) is 19.2 Å². The Balaban J connectivity index is 2.05. The van der Waals surface area contributed by atoms with Crippen LogP contribution in [-0.4, -0.2) is 25.6 Å². The second kappa shape index (κ2) is 5.25. The Morgan fingerprint density at radius 2 is 1.90 bits per heavy atom. The largest absolute Gasteiger partial charge is 0.497 e. The van der Waals surface area contributed by atoms with E-state index in [4.69, 9.17) is 4.74 Å². The maximum absolute atomic E-state index is 13.6. The van der Waals surface area contributed by atoms with Crippen LogP contribution in [0, 0.1) is 5.82 Å². The molecule has 0 amide bonds. The molecule has 1 unspecified atom stereocenters. The lowest BCUT2D eigenvalue weighted by Crippen LogP contribution is -2.32. The summed E-state index contributed by atoms with van der Waals surface area (Å²) in [5.41, 5.74) is 3.48. The minimum atomic E-state index is -0.169. The third-order valence-corrected chi connectivity index (χ3v) is 4.01. The lowest BCUT2D eigenvalue weighted by Gasteiger charge is -2.35. The van der Waals surface area contributed by atoms with E-state index < -0.39 is 0 Å². The van der Waals surface area contributed by atoms with Gasteiger partial charge in [-0.15, -0.1) is 0 Å². The van der Waals surface area contributed by atoms with Gasteiger partial charge in [0.25, 0.3) is 0 Å². The molecular formula is C17H18FNO. The van der Waals surface area contributed by atoms with Gasteiger partial charge in [0.1, 0.15) is 11.6 Å². The molecule has 0 saturated heterocycles. The average Bonchev–Trinajstić information content (AvgIpc) is 2.47. The van der Waals surface area contributed by atoms with E-state index in [0.717, 1.165) is 24.3 Å². The molecule has 3 rings (SSSR count). The number of halogens is 1. The molecule has 0 bridgehead atoms. The SMILES string of the molecule is COc1ccc(C2c3cc(F)ccc3CCN2C)cc1. The van der Waals surface area contributed by atoms with Crippen molar-refractivity contribution in [3.63, 3.8) is 0 Å². The van der Waals surface area contributed by atoms with Gasteiger partial charge in [-0.3, -0.25) is 4.90 Å². The number of hydrogen-bond donors (Lipinski definition) is 0. The van der Waals surface area contributed by atoms with Crippen LogP contribution in [0.2, 0.25) is 0 Å². The van der Waals surface area contributed by atoms with Crippen molar-refractivity contribution in [2.24, 2.45) is 0 Å². The second-order valence-corrected chi connectivity index (χ2v) is 5.25. The van der Waals surface area contributed by atoms with Crippen LogP contribution in [0.4, 0.5) is 4.39 Å². The molecule has 2 aromatic rings. The van der Waals surface area contributed by atoms with Crippen molar-refractivity contribution in [3.8, 4) is 5.75 Å². The van der Waals surface area contributed by atoms with Gasteiger partial charge in [-0.1, -0.05) is 18.2 Å². The predicted octanol–water partition coefficient (Wildman–Crippen LogP) is 3.41. The topological polar surface area (TPSA) is 12.5 Å². The maximum Gasteiger partial charge on any atom is 0.123 e. The molecule has 2 aromatic carbocycles. The summed E-state index contributed by atoms with van der Waals surface area (Å²) < 4.78 is 18.8. The van der Waals surface area contributed by atoms with E-state index >= 15 is 0 Å². The summed E-state index contributed by atoms with van der Waals surface area (Å²) in [5, 5.41) is 0. The van der Waals surface area contributed by atoms with Crippen LogP contribution in [0.15, 0.2) is 42.5 Å². The summed E-state index contributed by atoms with van der Waals surface area (Å²) in [4.78, 5) is 2.27. The molecule has 104 valence electrons. The van der Waals surface area contributed by atoms with Crippen molar-refractivity contribution in [2.75, 3.05) is 20.7 Å². The third-order valence-electron chi connectivity index (χ3n) is 4.01. The first-order valence-electron chi connectivity index (χ1n) is 6.81. The minimum absolute atomic E-state index is 0.111. The summed E-state index contributed by atoms with van der Waals surface area (Å²) in [5.74, 6) is 0.671. The molecule has 0 N–H and O–H groups in total. The fourth-order valence-electron chi connectivity index (χ4n) is 2.93. The summed E-state index contributed by atoms with van der Waals surface area (Å²) >= 11 is 0. The van der Waals surface area contributed by atoms with Crippen molar-refractivity contribution in [1.82, 2.24) is 4.90 Å². The maximum atomic E-state index is 13.6. The van der Waals surface area contributed by atoms with Gasteiger partial charge in [-0.2, -0.15) is 0 Å². The van der Waals surface area contributed by atoms with E-state index in [2.05, 4.69) is 24.1 Å². The summed E-state index contributed by atoms with van der Waals surface area (Å²) in [7, 11) is 3.75. The fourth-order valence-corrected chi connectivity index (χ4v) is 2.93. The van der Waals surface area contributed by atoms with E-state index in [-0.39, 0.29) is 11.9 Å². The van der Waals surface area contributed by atoms with Crippen LogP contribution >= 0.6 is 0 Å². The third kappa shape index (κ3) is 2.29.